The summed E-state index contributed by atoms with van der Waals surface area (Å²) in [5.74, 6) is 0. The number of hydrogen-bond acceptors (Lipinski definition) is 2. The van der Waals surface area contributed by atoms with Crippen LogP contribution >= 0.6 is 0 Å². The van der Waals surface area contributed by atoms with E-state index in [4.69, 9.17) is 4.74 Å². The first kappa shape index (κ1) is 10.6. The third kappa shape index (κ3) is 1.88. The third-order valence-corrected chi connectivity index (χ3v) is 4.79. The van der Waals surface area contributed by atoms with Crippen LogP contribution in [-0.2, 0) is 0 Å². The van der Waals surface area contributed by atoms with Crippen molar-refractivity contribution in [2.45, 2.75) is 0 Å². The van der Waals surface area contributed by atoms with Gasteiger partial charge in [0.2, 0.25) is 0 Å². The first-order valence-corrected chi connectivity index (χ1v) is 7.08. The zero-order valence-corrected chi connectivity index (χ0v) is 11.1. The second-order valence-electron chi connectivity index (χ2n) is 3.72. The van der Waals surface area contributed by atoms with E-state index in [1.54, 1.807) is 7.11 Å². The van der Waals surface area contributed by atoms with Gasteiger partial charge in [0, 0.05) is 0 Å². The molecule has 0 bridgehead atoms. The van der Waals surface area contributed by atoms with Gasteiger partial charge in [-0.3, -0.25) is 0 Å². The van der Waals surface area contributed by atoms with Crippen LogP contribution in [0.4, 0.5) is 0 Å². The third-order valence-electron chi connectivity index (χ3n) is 2.71. The Hall–Kier alpha value is -1.57. The van der Waals surface area contributed by atoms with E-state index in [9.17, 15) is 0 Å². The number of nitrogens with zero attached hydrogens (tertiary/aromatic N) is 1. The van der Waals surface area contributed by atoms with Crippen LogP contribution in [0.2, 0.25) is 0 Å². The Bertz CT molecular complexity index is 655. The molecular formula is C14H11NOSe. The van der Waals surface area contributed by atoms with Gasteiger partial charge in [-0.2, -0.15) is 0 Å². The first-order valence-electron chi connectivity index (χ1n) is 5.36. The molecule has 0 unspecified atom stereocenters. The molecule has 0 aliphatic carbocycles. The molecule has 0 fully saturated rings. The molecule has 1 heterocycles. The van der Waals surface area contributed by atoms with Gasteiger partial charge in [-0.25, -0.2) is 0 Å². The Kier molecular flexibility index (Phi) is 2.71. The zero-order valence-electron chi connectivity index (χ0n) is 9.38. The van der Waals surface area contributed by atoms with Crippen molar-refractivity contribution in [1.29, 1.82) is 0 Å². The predicted molar refractivity (Wildman–Crippen MR) is 70.7 cm³/mol. The van der Waals surface area contributed by atoms with Gasteiger partial charge in [-0.05, 0) is 0 Å². The normalized spacial score (nSPS) is 10.6. The molecule has 3 heteroatoms. The number of fused-ring (bicyclic) bond motifs is 1. The summed E-state index contributed by atoms with van der Waals surface area (Å²) in [5, 5.41) is 2.52. The van der Waals surface area contributed by atoms with Crippen LogP contribution in [0.15, 0.2) is 48.7 Å². The standard InChI is InChI=1S/C14H11NOSe/c1-16-13-9-15-14(17-13)12-8-4-6-10-5-2-3-7-11(10)12/h2-9H,1H3. The van der Waals surface area contributed by atoms with Crippen molar-refractivity contribution in [2.75, 3.05) is 7.11 Å². The molecule has 0 amide bonds. The van der Waals surface area contributed by atoms with E-state index in [1.807, 2.05) is 6.20 Å². The molecule has 3 aromatic rings. The fourth-order valence-electron chi connectivity index (χ4n) is 1.89. The Morgan fingerprint density at radius 2 is 1.88 bits per heavy atom. The summed E-state index contributed by atoms with van der Waals surface area (Å²) in [6, 6.07) is 14.8. The van der Waals surface area contributed by atoms with Gasteiger partial charge in [0.1, 0.15) is 0 Å². The van der Waals surface area contributed by atoms with Crippen LogP contribution in [0.3, 0.4) is 0 Å². The van der Waals surface area contributed by atoms with Crippen molar-refractivity contribution in [2.24, 2.45) is 0 Å². The summed E-state index contributed by atoms with van der Waals surface area (Å²) in [4.78, 5) is 4.47. The van der Waals surface area contributed by atoms with Gasteiger partial charge in [-0.15, -0.1) is 0 Å². The molecule has 84 valence electrons. The maximum atomic E-state index is 5.25. The number of aromatic nitrogens is 1. The maximum absolute atomic E-state index is 5.25. The summed E-state index contributed by atoms with van der Waals surface area (Å²) in [6.45, 7) is 0. The quantitative estimate of drug-likeness (QED) is 0.676. The molecule has 0 saturated heterocycles. The van der Waals surface area contributed by atoms with Crippen LogP contribution in [0.25, 0.3) is 20.9 Å². The van der Waals surface area contributed by atoms with Gasteiger partial charge in [0.15, 0.2) is 0 Å². The van der Waals surface area contributed by atoms with Gasteiger partial charge < -0.3 is 0 Å². The SMILES string of the molecule is COc1cnc(-c2cccc3ccccc23)[se]1. The first-order chi connectivity index (χ1) is 8.38. The van der Waals surface area contributed by atoms with Crippen molar-refractivity contribution in [3.05, 3.63) is 48.7 Å². The molecular weight excluding hydrogens is 277 g/mol. The Balaban J connectivity index is 2.23. The molecule has 0 radical (unpaired) electrons. The Morgan fingerprint density at radius 3 is 2.71 bits per heavy atom. The summed E-state index contributed by atoms with van der Waals surface area (Å²) in [6.07, 6.45) is 1.83. The molecule has 2 aromatic carbocycles. The molecule has 0 atom stereocenters. The number of rotatable bonds is 2. The fourth-order valence-corrected chi connectivity index (χ4v) is 3.51. The van der Waals surface area contributed by atoms with Gasteiger partial charge in [-0.1, -0.05) is 0 Å². The van der Waals surface area contributed by atoms with Crippen molar-refractivity contribution in [1.82, 2.24) is 4.98 Å². The van der Waals surface area contributed by atoms with Crippen molar-refractivity contribution in [3.8, 4) is 14.8 Å². The summed E-state index contributed by atoms with van der Waals surface area (Å²) < 4.78 is 7.38. The zero-order chi connectivity index (χ0) is 11.7. The van der Waals surface area contributed by atoms with E-state index in [-0.39, 0.29) is 14.5 Å². The number of ether oxygens (including phenoxy) is 1. The van der Waals surface area contributed by atoms with Crippen molar-refractivity contribution < 1.29 is 4.74 Å². The summed E-state index contributed by atoms with van der Waals surface area (Å²) in [7, 11) is 1.70. The number of benzene rings is 2. The Labute approximate surface area is 106 Å². The average molecular weight is 288 g/mol. The molecule has 0 aliphatic rings. The number of hydrogen-bond donors (Lipinski definition) is 0. The van der Waals surface area contributed by atoms with Crippen LogP contribution in [-0.4, -0.2) is 26.6 Å². The monoisotopic (exact) mass is 289 g/mol. The molecule has 0 N–H and O–H groups in total. The minimum atomic E-state index is 0.193. The second kappa shape index (κ2) is 4.36. The van der Waals surface area contributed by atoms with E-state index in [1.165, 1.54) is 16.3 Å². The molecule has 1 aromatic heterocycles. The topological polar surface area (TPSA) is 22.1 Å². The molecule has 3 rings (SSSR count). The van der Waals surface area contributed by atoms with E-state index in [2.05, 4.69) is 47.4 Å². The second-order valence-corrected chi connectivity index (χ2v) is 5.80. The summed E-state index contributed by atoms with van der Waals surface area (Å²) in [5.41, 5.74) is 1.23. The molecule has 2 nitrogen and oxygen atoms in total. The van der Waals surface area contributed by atoms with Gasteiger partial charge in [0.25, 0.3) is 0 Å². The number of methoxy groups -OCH3 is 1. The van der Waals surface area contributed by atoms with Crippen LogP contribution in [0.1, 0.15) is 0 Å². The fraction of sp³-hybridized carbons (Fsp3) is 0.0714. The molecule has 17 heavy (non-hydrogen) atoms. The molecule has 0 saturated carbocycles. The molecule has 0 spiro atoms. The van der Waals surface area contributed by atoms with E-state index < -0.39 is 0 Å². The van der Waals surface area contributed by atoms with Crippen LogP contribution in [0.5, 0.6) is 4.62 Å². The van der Waals surface area contributed by atoms with Crippen molar-refractivity contribution in [3.63, 3.8) is 0 Å². The predicted octanol–water partition coefficient (Wildman–Crippen LogP) is 2.97. The summed E-state index contributed by atoms with van der Waals surface area (Å²) >= 11 is 0.193. The van der Waals surface area contributed by atoms with E-state index >= 15 is 0 Å². The van der Waals surface area contributed by atoms with Crippen LogP contribution < -0.4 is 4.74 Å². The van der Waals surface area contributed by atoms with E-state index in [0.29, 0.717) is 0 Å². The average Bonchev–Trinajstić information content (AvgIpc) is 2.87. The van der Waals surface area contributed by atoms with E-state index in [0.717, 1.165) is 9.19 Å². The Morgan fingerprint density at radius 1 is 1.06 bits per heavy atom. The van der Waals surface area contributed by atoms with Crippen LogP contribution in [0, 0.1) is 0 Å². The minimum absolute atomic E-state index is 0.193. The van der Waals surface area contributed by atoms with Gasteiger partial charge >= 0.3 is 106 Å². The molecule has 0 aliphatic heterocycles. The van der Waals surface area contributed by atoms with Crippen molar-refractivity contribution >= 4 is 25.3 Å². The van der Waals surface area contributed by atoms with Gasteiger partial charge in [0.05, 0.1) is 0 Å².